The van der Waals surface area contributed by atoms with Crippen molar-refractivity contribution in [1.29, 1.82) is 5.41 Å². The van der Waals surface area contributed by atoms with Crippen LogP contribution in [0.1, 0.15) is 5.56 Å². The summed E-state index contributed by atoms with van der Waals surface area (Å²) in [6.07, 6.45) is 0. The number of hydrogen-bond acceptors (Lipinski definition) is 4. The molecule has 0 saturated carbocycles. The first-order chi connectivity index (χ1) is 9.47. The molecule has 0 saturated heterocycles. The molecule has 0 spiro atoms. The third kappa shape index (κ3) is 3.07. The molecule has 2 aromatic rings. The van der Waals surface area contributed by atoms with Gasteiger partial charge in [0, 0.05) is 18.2 Å². The standard InChI is InChI=1S/C13H11N3O3S/c14-13(15)11-6-5-10(7-12(11)20)19-9-3-1-8(2-4-9)16(17)18/h1-7,20H,(H3,14,15)/p+1. The van der Waals surface area contributed by atoms with Gasteiger partial charge in [-0.1, -0.05) is 0 Å². The Bertz CT molecular complexity index is 671. The van der Waals surface area contributed by atoms with Crippen molar-refractivity contribution in [3.63, 3.8) is 0 Å². The van der Waals surface area contributed by atoms with Crippen molar-refractivity contribution >= 4 is 24.2 Å². The summed E-state index contributed by atoms with van der Waals surface area (Å²) in [4.78, 5) is 10.7. The second kappa shape index (κ2) is 5.62. The molecule has 0 aliphatic rings. The third-order valence-electron chi connectivity index (χ3n) is 2.56. The lowest BCUT2D eigenvalue weighted by Crippen LogP contribution is -2.12. The molecule has 6 nitrogen and oxygen atoms in total. The fourth-order valence-electron chi connectivity index (χ4n) is 1.59. The van der Waals surface area contributed by atoms with Crippen molar-refractivity contribution in [2.24, 2.45) is 5.73 Å². The number of nitrogens with two attached hydrogens (primary N) is 1. The van der Waals surface area contributed by atoms with Crippen molar-refractivity contribution < 1.29 is 9.66 Å². The normalized spacial score (nSPS) is 10.1. The minimum absolute atomic E-state index is 0.00471. The average Bonchev–Trinajstić information content (AvgIpc) is 2.39. The maximum atomic E-state index is 10.5. The number of nitro benzene ring substituents is 1. The van der Waals surface area contributed by atoms with E-state index in [1.165, 1.54) is 24.3 Å². The first-order valence-electron chi connectivity index (χ1n) is 5.60. The van der Waals surface area contributed by atoms with E-state index < -0.39 is 4.92 Å². The molecule has 102 valence electrons. The molecule has 0 bridgehead atoms. The van der Waals surface area contributed by atoms with Gasteiger partial charge in [-0.3, -0.25) is 15.5 Å². The Labute approximate surface area is 120 Å². The van der Waals surface area contributed by atoms with Crippen LogP contribution in [0, 0.1) is 15.5 Å². The first kappa shape index (κ1) is 13.9. The van der Waals surface area contributed by atoms with E-state index in [2.05, 4.69) is 12.6 Å². The van der Waals surface area contributed by atoms with E-state index in [1.54, 1.807) is 18.2 Å². The molecule has 0 heterocycles. The second-order valence-corrected chi connectivity index (χ2v) is 4.51. The van der Waals surface area contributed by atoms with Crippen molar-refractivity contribution in [3.05, 3.63) is 58.1 Å². The van der Waals surface area contributed by atoms with E-state index in [9.17, 15) is 10.1 Å². The van der Waals surface area contributed by atoms with Gasteiger partial charge >= 0.3 is 0 Å². The van der Waals surface area contributed by atoms with Crippen molar-refractivity contribution in [2.45, 2.75) is 4.90 Å². The number of ether oxygens (including phenoxy) is 1. The molecule has 0 atom stereocenters. The molecule has 7 heteroatoms. The van der Waals surface area contributed by atoms with Crippen LogP contribution in [-0.2, 0) is 12.6 Å². The Morgan fingerprint density at radius 2 is 1.80 bits per heavy atom. The fraction of sp³-hybridized carbons (Fsp3) is 0. The van der Waals surface area contributed by atoms with Gasteiger partial charge in [-0.05, 0) is 36.9 Å². The highest BCUT2D eigenvalue weighted by atomic mass is 32.1. The summed E-state index contributed by atoms with van der Waals surface area (Å²) in [5.74, 6) is 0.975. The average molecular weight is 290 g/mol. The summed E-state index contributed by atoms with van der Waals surface area (Å²) in [6.45, 7) is 0. The third-order valence-corrected chi connectivity index (χ3v) is 2.98. The number of nitrogens with zero attached hydrogens (tertiary/aromatic N) is 1. The van der Waals surface area contributed by atoms with E-state index in [0.717, 1.165) is 0 Å². The molecule has 3 N–H and O–H groups in total. The van der Waals surface area contributed by atoms with Crippen LogP contribution in [0.25, 0.3) is 0 Å². The number of benzene rings is 2. The van der Waals surface area contributed by atoms with Crippen LogP contribution in [-0.4, -0.2) is 10.8 Å². The van der Waals surface area contributed by atoms with E-state index in [0.29, 0.717) is 22.0 Å². The molecular formula is C13H12N3O3S+. The SMILES string of the molecule is N=C(N)c1ccc(Oc2ccc([N+](=O)[O-])cc2)cc1[SH2+]. The van der Waals surface area contributed by atoms with Crippen LogP contribution in [0.15, 0.2) is 47.4 Å². The number of nitro groups is 1. The van der Waals surface area contributed by atoms with Gasteiger partial charge in [0.25, 0.3) is 5.69 Å². The molecule has 2 aromatic carbocycles. The van der Waals surface area contributed by atoms with E-state index in [-0.39, 0.29) is 11.5 Å². The highest BCUT2D eigenvalue weighted by Crippen LogP contribution is 2.25. The maximum Gasteiger partial charge on any atom is 0.269 e. The van der Waals surface area contributed by atoms with Gasteiger partial charge in [0.1, 0.15) is 17.3 Å². The minimum atomic E-state index is -0.470. The van der Waals surface area contributed by atoms with Gasteiger partial charge in [-0.2, -0.15) is 0 Å². The van der Waals surface area contributed by atoms with Gasteiger partial charge in [0.2, 0.25) is 0 Å². The zero-order chi connectivity index (χ0) is 14.7. The van der Waals surface area contributed by atoms with Crippen molar-refractivity contribution in [2.75, 3.05) is 0 Å². The molecule has 0 aliphatic carbocycles. The summed E-state index contributed by atoms with van der Waals surface area (Å²) in [5.41, 5.74) is 5.98. The summed E-state index contributed by atoms with van der Waals surface area (Å²) in [5, 5.41) is 17.9. The Kier molecular flexibility index (Phi) is 3.90. The predicted octanol–water partition coefficient (Wildman–Crippen LogP) is 2.04. The van der Waals surface area contributed by atoms with Gasteiger partial charge < -0.3 is 10.5 Å². The molecule has 2 rings (SSSR count). The summed E-state index contributed by atoms with van der Waals surface area (Å²) >= 11 is 3.36. The smallest absolute Gasteiger partial charge is 0.269 e. The lowest BCUT2D eigenvalue weighted by molar-refractivity contribution is -0.384. The molecule has 0 unspecified atom stereocenters. The molecule has 0 amide bonds. The fourth-order valence-corrected chi connectivity index (χ4v) is 1.95. The van der Waals surface area contributed by atoms with Crippen molar-refractivity contribution in [3.8, 4) is 11.5 Å². The first-order valence-corrected chi connectivity index (χ1v) is 6.10. The maximum absolute atomic E-state index is 10.5. The number of amidine groups is 1. The highest BCUT2D eigenvalue weighted by Gasteiger charge is 2.10. The number of hydrogen-bond donors (Lipinski definition) is 2. The zero-order valence-electron chi connectivity index (χ0n) is 10.3. The van der Waals surface area contributed by atoms with Gasteiger partial charge in [0.05, 0.1) is 10.5 Å². The lowest BCUT2D eigenvalue weighted by Gasteiger charge is -2.06. The van der Waals surface area contributed by atoms with Crippen LogP contribution in [0.4, 0.5) is 5.69 Å². The van der Waals surface area contributed by atoms with E-state index in [1.807, 2.05) is 0 Å². The van der Waals surface area contributed by atoms with E-state index in [4.69, 9.17) is 15.9 Å². The van der Waals surface area contributed by atoms with Crippen LogP contribution >= 0.6 is 0 Å². The molecular weight excluding hydrogens is 278 g/mol. The van der Waals surface area contributed by atoms with Gasteiger partial charge in [0.15, 0.2) is 4.90 Å². The Morgan fingerprint density at radius 1 is 1.20 bits per heavy atom. The summed E-state index contributed by atoms with van der Waals surface area (Å²) in [6, 6.07) is 10.8. The molecule has 0 aliphatic heterocycles. The summed E-state index contributed by atoms with van der Waals surface area (Å²) in [7, 11) is 0. The molecule has 20 heavy (non-hydrogen) atoms. The Balaban J connectivity index is 2.19. The molecule has 0 aromatic heterocycles. The van der Waals surface area contributed by atoms with Gasteiger partial charge in [-0.15, -0.1) is 0 Å². The number of rotatable bonds is 4. The van der Waals surface area contributed by atoms with Crippen molar-refractivity contribution in [1.82, 2.24) is 0 Å². The van der Waals surface area contributed by atoms with E-state index >= 15 is 0 Å². The van der Waals surface area contributed by atoms with Gasteiger partial charge in [-0.25, -0.2) is 0 Å². The Morgan fingerprint density at radius 3 is 2.30 bits per heavy atom. The second-order valence-electron chi connectivity index (χ2n) is 3.97. The minimum Gasteiger partial charge on any atom is -0.457 e. The topological polar surface area (TPSA) is 102 Å². The van der Waals surface area contributed by atoms with Crippen LogP contribution in [0.5, 0.6) is 11.5 Å². The highest BCUT2D eigenvalue weighted by molar-refractivity contribution is 7.58. The summed E-state index contributed by atoms with van der Waals surface area (Å²) < 4.78 is 5.56. The van der Waals surface area contributed by atoms with Crippen LogP contribution in [0.2, 0.25) is 0 Å². The van der Waals surface area contributed by atoms with Crippen LogP contribution in [0.3, 0.4) is 0 Å². The molecule has 0 radical (unpaired) electrons. The number of nitrogen functional groups attached to an aromatic ring is 1. The monoisotopic (exact) mass is 290 g/mol. The molecule has 0 fully saturated rings. The quantitative estimate of drug-likeness (QED) is 0.296. The predicted molar refractivity (Wildman–Crippen MR) is 79.0 cm³/mol. The largest absolute Gasteiger partial charge is 0.457 e. The lowest BCUT2D eigenvalue weighted by atomic mass is 10.2. The number of nitrogens with one attached hydrogen (secondary N) is 1. The Hall–Kier alpha value is -2.54. The number of non-ortho nitro benzene ring substituents is 1. The zero-order valence-corrected chi connectivity index (χ0v) is 11.3. The van der Waals surface area contributed by atoms with Crippen LogP contribution < -0.4 is 10.5 Å².